The lowest BCUT2D eigenvalue weighted by Gasteiger charge is -2.29. The molecule has 1 aliphatic heterocycles. The summed E-state index contributed by atoms with van der Waals surface area (Å²) in [6.45, 7) is 4.14. The Bertz CT molecular complexity index is 687. The summed E-state index contributed by atoms with van der Waals surface area (Å²) in [5.74, 6) is -0.0464. The Labute approximate surface area is 149 Å². The number of halogens is 1. The maximum Gasteiger partial charge on any atom is 0.242 e. The van der Waals surface area contributed by atoms with Crippen LogP contribution in [0.15, 0.2) is 54.6 Å². The van der Waals surface area contributed by atoms with E-state index in [1.54, 1.807) is 12.1 Å². The van der Waals surface area contributed by atoms with Gasteiger partial charge < -0.3 is 9.80 Å². The second-order valence-corrected chi connectivity index (χ2v) is 6.57. The van der Waals surface area contributed by atoms with E-state index in [0.29, 0.717) is 13.1 Å². The van der Waals surface area contributed by atoms with Gasteiger partial charge in [0.05, 0.1) is 6.54 Å². The van der Waals surface area contributed by atoms with Gasteiger partial charge in [-0.2, -0.15) is 0 Å². The van der Waals surface area contributed by atoms with E-state index in [0.717, 1.165) is 37.1 Å². The lowest BCUT2D eigenvalue weighted by atomic mass is 10.1. The van der Waals surface area contributed by atoms with Gasteiger partial charge in [0.25, 0.3) is 0 Å². The van der Waals surface area contributed by atoms with Gasteiger partial charge in [0, 0.05) is 24.8 Å². The van der Waals surface area contributed by atoms with Crippen LogP contribution in [-0.4, -0.2) is 36.5 Å². The van der Waals surface area contributed by atoms with E-state index in [4.69, 9.17) is 0 Å². The normalized spacial score (nSPS) is 18.3. The van der Waals surface area contributed by atoms with Crippen LogP contribution in [0.2, 0.25) is 0 Å². The minimum absolute atomic E-state index is 0.176. The Morgan fingerprint density at radius 1 is 1.08 bits per heavy atom. The Hall–Kier alpha value is -2.36. The highest BCUT2D eigenvalue weighted by atomic mass is 19.1. The highest BCUT2D eigenvalue weighted by molar-refractivity contribution is 5.82. The molecule has 3 nitrogen and oxygen atoms in total. The minimum Gasteiger partial charge on any atom is -0.362 e. The van der Waals surface area contributed by atoms with Crippen LogP contribution in [0.25, 0.3) is 0 Å². The van der Waals surface area contributed by atoms with Crippen LogP contribution in [0, 0.1) is 5.82 Å². The smallest absolute Gasteiger partial charge is 0.242 e. The molecule has 0 aromatic heterocycles. The zero-order chi connectivity index (χ0) is 17.6. The fourth-order valence-corrected chi connectivity index (χ4v) is 3.49. The Morgan fingerprint density at radius 3 is 2.48 bits per heavy atom. The Kier molecular flexibility index (Phi) is 5.69. The van der Waals surface area contributed by atoms with Crippen molar-refractivity contribution in [3.05, 3.63) is 66.0 Å². The average molecular weight is 340 g/mol. The van der Waals surface area contributed by atoms with Crippen molar-refractivity contribution in [2.75, 3.05) is 24.5 Å². The quantitative estimate of drug-likeness (QED) is 0.824. The molecule has 132 valence electrons. The number of hydrogen-bond donors (Lipinski definition) is 0. The van der Waals surface area contributed by atoms with Gasteiger partial charge in [-0.15, -0.1) is 0 Å². The van der Waals surface area contributed by atoms with E-state index >= 15 is 0 Å². The van der Waals surface area contributed by atoms with Crippen molar-refractivity contribution in [3.63, 3.8) is 0 Å². The molecule has 0 radical (unpaired) electrons. The predicted molar refractivity (Wildman–Crippen MR) is 99.2 cm³/mol. The summed E-state index contributed by atoms with van der Waals surface area (Å²) in [7, 11) is 0. The average Bonchev–Trinajstić information content (AvgIpc) is 2.80. The molecule has 2 aromatic carbocycles. The van der Waals surface area contributed by atoms with Gasteiger partial charge in [-0.05, 0) is 49.1 Å². The van der Waals surface area contributed by atoms with Gasteiger partial charge in [-0.3, -0.25) is 4.79 Å². The van der Waals surface area contributed by atoms with Crippen molar-refractivity contribution in [1.29, 1.82) is 0 Å². The molecule has 1 unspecified atom stereocenters. The van der Waals surface area contributed by atoms with Crippen molar-refractivity contribution in [1.82, 2.24) is 4.90 Å². The van der Waals surface area contributed by atoms with Gasteiger partial charge in [0.1, 0.15) is 5.82 Å². The third-order valence-electron chi connectivity index (χ3n) is 4.97. The fraction of sp³-hybridized carbons (Fsp3) is 0.381. The molecular formula is C21H25FN2O. The first-order valence-electron chi connectivity index (χ1n) is 9.01. The fourth-order valence-electron chi connectivity index (χ4n) is 3.49. The summed E-state index contributed by atoms with van der Waals surface area (Å²) in [4.78, 5) is 17.1. The second kappa shape index (κ2) is 8.15. The van der Waals surface area contributed by atoms with E-state index in [-0.39, 0.29) is 17.8 Å². The summed E-state index contributed by atoms with van der Waals surface area (Å²) < 4.78 is 13.0. The number of rotatable bonds is 5. The van der Waals surface area contributed by atoms with Crippen LogP contribution in [0.3, 0.4) is 0 Å². The molecule has 1 amide bonds. The van der Waals surface area contributed by atoms with E-state index < -0.39 is 0 Å². The van der Waals surface area contributed by atoms with Gasteiger partial charge in [0.2, 0.25) is 5.91 Å². The summed E-state index contributed by atoms with van der Waals surface area (Å²) in [6, 6.07) is 17.0. The molecule has 0 saturated carbocycles. The van der Waals surface area contributed by atoms with E-state index in [9.17, 15) is 9.18 Å². The number of hydrogen-bond acceptors (Lipinski definition) is 2. The molecule has 0 spiro atoms. The molecule has 1 fully saturated rings. The number of para-hydroxylation sites is 1. The van der Waals surface area contributed by atoms with Gasteiger partial charge in [-0.25, -0.2) is 4.39 Å². The first-order chi connectivity index (χ1) is 12.2. The highest BCUT2D eigenvalue weighted by Crippen LogP contribution is 2.21. The zero-order valence-corrected chi connectivity index (χ0v) is 14.7. The molecule has 3 rings (SSSR count). The molecule has 1 heterocycles. The van der Waals surface area contributed by atoms with Crippen molar-refractivity contribution in [2.45, 2.75) is 32.2 Å². The van der Waals surface area contributed by atoms with E-state index in [1.807, 2.05) is 23.1 Å². The van der Waals surface area contributed by atoms with Gasteiger partial charge in [0.15, 0.2) is 0 Å². The summed E-state index contributed by atoms with van der Waals surface area (Å²) >= 11 is 0. The van der Waals surface area contributed by atoms with Gasteiger partial charge in [-0.1, -0.05) is 37.3 Å². The van der Waals surface area contributed by atoms with Crippen LogP contribution >= 0.6 is 0 Å². The number of carbonyl (C=O) groups excluding carboxylic acids is 1. The summed E-state index contributed by atoms with van der Waals surface area (Å²) in [5, 5.41) is 0. The third kappa shape index (κ3) is 4.38. The van der Waals surface area contributed by atoms with Crippen LogP contribution in [-0.2, 0) is 11.2 Å². The van der Waals surface area contributed by atoms with Crippen LogP contribution in [0.5, 0.6) is 0 Å². The SMILES string of the molecule is CCC1CCN(c2ccccc2)CC(=O)N1CCc1ccc(F)cc1. The number of carbonyl (C=O) groups is 1. The van der Waals surface area contributed by atoms with Crippen LogP contribution in [0.1, 0.15) is 25.3 Å². The molecule has 1 aliphatic rings. The van der Waals surface area contributed by atoms with E-state index in [1.165, 1.54) is 12.1 Å². The van der Waals surface area contributed by atoms with Crippen LogP contribution < -0.4 is 4.90 Å². The third-order valence-corrected chi connectivity index (χ3v) is 4.97. The maximum absolute atomic E-state index is 13.0. The minimum atomic E-state index is -0.223. The predicted octanol–water partition coefficient (Wildman–Crippen LogP) is 3.89. The molecule has 1 atom stereocenters. The highest BCUT2D eigenvalue weighted by Gasteiger charge is 2.28. The molecule has 1 saturated heterocycles. The first kappa shape index (κ1) is 17.5. The molecule has 2 aromatic rings. The topological polar surface area (TPSA) is 23.6 Å². The van der Waals surface area contributed by atoms with Crippen LogP contribution in [0.4, 0.5) is 10.1 Å². The van der Waals surface area contributed by atoms with Crippen molar-refractivity contribution < 1.29 is 9.18 Å². The standard InChI is InChI=1S/C21H25FN2O/c1-2-19-13-14-23(20-6-4-3-5-7-20)16-21(25)24(19)15-12-17-8-10-18(22)11-9-17/h3-11,19H,2,12-16H2,1H3. The first-order valence-corrected chi connectivity index (χ1v) is 9.01. The lowest BCUT2D eigenvalue weighted by Crippen LogP contribution is -2.42. The maximum atomic E-state index is 13.0. The molecule has 0 bridgehead atoms. The summed E-state index contributed by atoms with van der Waals surface area (Å²) in [5.41, 5.74) is 2.17. The number of nitrogens with zero attached hydrogens (tertiary/aromatic N) is 2. The number of benzene rings is 2. The lowest BCUT2D eigenvalue weighted by molar-refractivity contribution is -0.131. The molecular weight excluding hydrogens is 315 g/mol. The van der Waals surface area contributed by atoms with E-state index in [2.05, 4.69) is 24.0 Å². The number of amides is 1. The second-order valence-electron chi connectivity index (χ2n) is 6.57. The number of anilines is 1. The van der Waals surface area contributed by atoms with Crippen molar-refractivity contribution in [2.24, 2.45) is 0 Å². The largest absolute Gasteiger partial charge is 0.362 e. The zero-order valence-electron chi connectivity index (χ0n) is 14.7. The Balaban J connectivity index is 1.69. The molecule has 0 N–H and O–H groups in total. The monoisotopic (exact) mass is 340 g/mol. The van der Waals surface area contributed by atoms with Crippen molar-refractivity contribution >= 4 is 11.6 Å². The Morgan fingerprint density at radius 2 is 1.80 bits per heavy atom. The van der Waals surface area contributed by atoms with Crippen molar-refractivity contribution in [3.8, 4) is 0 Å². The molecule has 4 heteroatoms. The van der Waals surface area contributed by atoms with Gasteiger partial charge >= 0.3 is 0 Å². The molecule has 25 heavy (non-hydrogen) atoms. The molecule has 0 aliphatic carbocycles. The summed E-state index contributed by atoms with van der Waals surface area (Å²) in [6.07, 6.45) is 2.69.